The monoisotopic (exact) mass is 696 g/mol. The van der Waals surface area contributed by atoms with Gasteiger partial charge in [0.15, 0.2) is 0 Å². The van der Waals surface area contributed by atoms with E-state index in [1.807, 2.05) is 0 Å². The second-order valence-corrected chi connectivity index (χ2v) is 26.6. The third-order valence-corrected chi connectivity index (χ3v) is 27.2. The summed E-state index contributed by atoms with van der Waals surface area (Å²) in [6, 6.07) is 35.2. The first-order valence-electron chi connectivity index (χ1n) is 13.7. The number of fused-ring (bicyclic) bond motifs is 3. The fourth-order valence-corrected chi connectivity index (χ4v) is 25.7. The van der Waals surface area contributed by atoms with Crippen molar-refractivity contribution in [3.63, 3.8) is 0 Å². The summed E-state index contributed by atoms with van der Waals surface area (Å²) in [5, 5.41) is 1.49. The molecule has 0 bridgehead atoms. The molecule has 0 saturated heterocycles. The van der Waals surface area contributed by atoms with Crippen LogP contribution in [0.25, 0.3) is 11.1 Å². The number of rotatable bonds is 4. The second-order valence-electron chi connectivity index (χ2n) is 12.4. The van der Waals surface area contributed by atoms with Gasteiger partial charge >= 0.3 is 245 Å². The molecule has 4 aromatic rings. The molecule has 0 heterocycles. The van der Waals surface area contributed by atoms with Crippen LogP contribution in [0.2, 0.25) is 10.0 Å². The van der Waals surface area contributed by atoms with Crippen LogP contribution in [-0.4, -0.2) is 4.21 Å². The van der Waals surface area contributed by atoms with Crippen LogP contribution in [-0.2, 0) is 18.3 Å². The molecule has 0 spiro atoms. The summed E-state index contributed by atoms with van der Waals surface area (Å²) >= 11 is 8.18. The molecule has 0 amide bonds. The van der Waals surface area contributed by atoms with Crippen LogP contribution in [0.15, 0.2) is 118 Å². The van der Waals surface area contributed by atoms with E-state index in [-0.39, 0.29) is 39.8 Å². The van der Waals surface area contributed by atoms with E-state index in [1.54, 1.807) is 0 Å². The molecule has 6 rings (SSSR count). The summed E-state index contributed by atoms with van der Waals surface area (Å²) in [4.78, 5) is 0. The van der Waals surface area contributed by atoms with Gasteiger partial charge in [0.25, 0.3) is 0 Å². The van der Waals surface area contributed by atoms with Crippen LogP contribution in [0.3, 0.4) is 0 Å². The molecule has 2 aliphatic carbocycles. The number of hydrogen-bond acceptors (Lipinski definition) is 0. The SMILES string of the molecule is [CH2]=[Zr+2]([C]1=CC(C(C)(C)C)=CC1C)([c]1ccc(Cl)cc1)([c]1ccc(Cl)cc1)[CH]1c2ccccc2-c2ccccc21.[Cl-].[Cl-]. The minimum Gasteiger partial charge on any atom is -1.00 e. The molecule has 0 fully saturated rings. The molecule has 0 radical (unpaired) electrons. The van der Waals surface area contributed by atoms with Crippen molar-refractivity contribution in [2.45, 2.75) is 31.3 Å². The van der Waals surface area contributed by atoms with Gasteiger partial charge in [-0.25, -0.2) is 0 Å². The van der Waals surface area contributed by atoms with Crippen molar-refractivity contribution >= 4 is 34.0 Å². The van der Waals surface area contributed by atoms with Crippen LogP contribution in [0.4, 0.5) is 0 Å². The zero-order valence-electron chi connectivity index (χ0n) is 23.8. The van der Waals surface area contributed by atoms with Crippen molar-refractivity contribution in [2.24, 2.45) is 11.3 Å². The molecule has 4 aromatic carbocycles. The van der Waals surface area contributed by atoms with Crippen molar-refractivity contribution in [3.8, 4) is 11.1 Å². The van der Waals surface area contributed by atoms with Crippen molar-refractivity contribution < 1.29 is 43.1 Å². The molecule has 2 aliphatic rings. The maximum absolute atomic E-state index is 6.53. The topological polar surface area (TPSA) is 0 Å². The van der Waals surface area contributed by atoms with Gasteiger partial charge < -0.3 is 24.8 Å². The Bertz CT molecular complexity index is 1630. The maximum atomic E-state index is 6.53. The van der Waals surface area contributed by atoms with Crippen molar-refractivity contribution in [2.75, 3.05) is 0 Å². The molecule has 1 unspecified atom stereocenters. The summed E-state index contributed by atoms with van der Waals surface area (Å²) in [6.07, 6.45) is 5.00. The third kappa shape index (κ3) is 4.81. The van der Waals surface area contributed by atoms with E-state index < -0.39 is 18.3 Å². The van der Waals surface area contributed by atoms with E-state index >= 15 is 0 Å². The second kappa shape index (κ2) is 11.4. The van der Waals surface area contributed by atoms with Crippen LogP contribution >= 0.6 is 23.2 Å². The average Bonchev–Trinajstić information content (AvgIpc) is 3.49. The minimum absolute atomic E-state index is 0. The van der Waals surface area contributed by atoms with E-state index in [9.17, 15) is 0 Å². The van der Waals surface area contributed by atoms with E-state index in [4.69, 9.17) is 27.4 Å². The van der Waals surface area contributed by atoms with Gasteiger partial charge in [0.1, 0.15) is 0 Å². The van der Waals surface area contributed by atoms with Gasteiger partial charge in [-0.2, -0.15) is 0 Å². The first-order valence-corrected chi connectivity index (χ1v) is 21.3. The van der Waals surface area contributed by atoms with Gasteiger partial charge in [0.2, 0.25) is 0 Å². The maximum Gasteiger partial charge on any atom is -1.00 e. The summed E-state index contributed by atoms with van der Waals surface area (Å²) < 4.78 is 9.91. The third-order valence-electron chi connectivity index (χ3n) is 9.23. The first-order chi connectivity index (χ1) is 18.5. The largest absolute Gasteiger partial charge is 1.00 e. The Morgan fingerprint density at radius 1 is 0.659 bits per heavy atom. The van der Waals surface area contributed by atoms with Crippen LogP contribution < -0.4 is 31.4 Å². The Hall–Kier alpha value is -1.73. The molecular weight excluding hydrogens is 665 g/mol. The van der Waals surface area contributed by atoms with Gasteiger partial charge in [-0.05, 0) is 0 Å². The molecule has 41 heavy (non-hydrogen) atoms. The van der Waals surface area contributed by atoms with Gasteiger partial charge in [0, 0.05) is 0 Å². The summed E-state index contributed by atoms with van der Waals surface area (Å²) in [5.74, 6) is 0.258. The Labute approximate surface area is 267 Å². The molecule has 0 aromatic heterocycles. The smallest absolute Gasteiger partial charge is 1.00 e. The summed E-state index contributed by atoms with van der Waals surface area (Å²) in [7, 11) is 0. The summed E-state index contributed by atoms with van der Waals surface area (Å²) in [6.45, 7) is 9.29. The van der Waals surface area contributed by atoms with Crippen molar-refractivity contribution in [3.05, 3.63) is 139 Å². The first kappa shape index (κ1) is 32.2. The molecule has 1 atom stereocenters. The fraction of sp³-hybridized carbons (Fsp3) is 0.194. The fourth-order valence-electron chi connectivity index (χ4n) is 7.36. The van der Waals surface area contributed by atoms with Crippen LogP contribution in [0, 0.1) is 11.3 Å². The molecule has 0 aliphatic heterocycles. The zero-order valence-corrected chi connectivity index (χ0v) is 29.2. The zero-order chi connectivity index (χ0) is 27.6. The van der Waals surface area contributed by atoms with Crippen molar-refractivity contribution in [1.82, 2.24) is 0 Å². The predicted octanol–water partition coefficient (Wildman–Crippen LogP) is 3.35. The van der Waals surface area contributed by atoms with Gasteiger partial charge in [-0.3, -0.25) is 0 Å². The Morgan fingerprint density at radius 3 is 1.46 bits per heavy atom. The van der Waals surface area contributed by atoms with Crippen LogP contribution in [0.1, 0.15) is 42.4 Å². The number of benzene rings is 4. The standard InChI is InChI=1S/C13H9.C10H15.2C6H4Cl.CH2.2ClH.Zr/c1-3-7-12-10(5-1)9-11-6-2-4-8-13(11)12;1-8-5-6-9(7-8)10(2,3)4;2*7-6-4-2-1-3-5-6;;;;/h1-9H;6-8H,1-4H3;2*2-5H;1H2;2*1H;/q;;;;;;;+2/p-2. The van der Waals surface area contributed by atoms with Gasteiger partial charge in [0.05, 0.1) is 0 Å². The number of hydrogen-bond donors (Lipinski definition) is 0. The summed E-state index contributed by atoms with van der Waals surface area (Å²) in [5.41, 5.74) is 6.82. The Kier molecular flexibility index (Phi) is 8.96. The molecule has 0 nitrogen and oxygen atoms in total. The molecule has 210 valence electrons. The molecule has 5 heteroatoms. The van der Waals surface area contributed by atoms with E-state index in [0.717, 1.165) is 10.0 Å². The van der Waals surface area contributed by atoms with E-state index in [0.29, 0.717) is 0 Å². The van der Waals surface area contributed by atoms with Crippen LogP contribution in [0.5, 0.6) is 0 Å². The number of halogens is 4. The average molecular weight is 700 g/mol. The minimum atomic E-state index is -4.87. The number of allylic oxidation sites excluding steroid dienone is 4. The predicted molar refractivity (Wildman–Crippen MR) is 168 cm³/mol. The van der Waals surface area contributed by atoms with Crippen molar-refractivity contribution in [1.29, 1.82) is 0 Å². The Balaban J connectivity index is 0.00000194. The molecule has 0 saturated carbocycles. The molecular formula is C36H34Cl4Zr. The van der Waals surface area contributed by atoms with Gasteiger partial charge in [-0.1, -0.05) is 0 Å². The molecule has 0 N–H and O–H groups in total. The Morgan fingerprint density at radius 2 is 1.07 bits per heavy atom. The van der Waals surface area contributed by atoms with E-state index in [2.05, 4.69) is 137 Å². The van der Waals surface area contributed by atoms with E-state index in [1.165, 1.54) is 37.7 Å². The van der Waals surface area contributed by atoms with Gasteiger partial charge in [-0.15, -0.1) is 0 Å². The normalized spacial score (nSPS) is 16.0. The quantitative estimate of drug-likeness (QED) is 0.307.